The first-order valence-electron chi connectivity index (χ1n) is 12.7. The van der Waals surface area contributed by atoms with Crippen LogP contribution in [0.4, 0.5) is 26.4 Å². The molecule has 0 spiro atoms. The number of rotatable bonds is 4. The number of benzene rings is 2. The summed E-state index contributed by atoms with van der Waals surface area (Å²) in [5, 5.41) is 12.4. The zero-order valence-electron chi connectivity index (χ0n) is 21.8. The highest BCUT2D eigenvalue weighted by molar-refractivity contribution is 6.30. The third-order valence-electron chi connectivity index (χ3n) is 6.56. The van der Waals surface area contributed by atoms with Crippen LogP contribution in [-0.4, -0.2) is 44.8 Å². The van der Waals surface area contributed by atoms with Crippen LogP contribution in [-0.2, 0) is 9.53 Å². The fraction of sp³-hybridized carbons (Fsp3) is 0.222. The number of nitrogens with two attached hydrogens (primary N) is 1. The van der Waals surface area contributed by atoms with Crippen molar-refractivity contribution in [2.45, 2.75) is 31.7 Å². The lowest BCUT2D eigenvalue weighted by atomic mass is 10.1. The fourth-order valence-electron chi connectivity index (χ4n) is 4.49. The number of methoxy groups -OCH3 is 1. The first-order chi connectivity index (χ1) is 19.7. The summed E-state index contributed by atoms with van der Waals surface area (Å²) in [5.41, 5.74) is 8.24. The number of carbonyl (C=O) groups is 3. The average Bonchev–Trinajstić information content (AvgIpc) is 3.58. The Morgan fingerprint density at radius 1 is 1.24 bits per heavy atom. The lowest BCUT2D eigenvalue weighted by Crippen LogP contribution is -2.29. The molecule has 2 aromatic carbocycles. The van der Waals surface area contributed by atoms with Crippen molar-refractivity contribution in [3.63, 3.8) is 0 Å². The quantitative estimate of drug-likeness (QED) is 0.231. The number of nitrogens with one attached hydrogen (secondary N) is 4. The van der Waals surface area contributed by atoms with Crippen molar-refractivity contribution >= 4 is 46.7 Å². The van der Waals surface area contributed by atoms with Crippen molar-refractivity contribution in [3.8, 4) is 16.9 Å². The van der Waals surface area contributed by atoms with Gasteiger partial charge in [0.25, 0.3) is 5.91 Å². The second-order valence-corrected chi connectivity index (χ2v) is 9.73. The minimum Gasteiger partial charge on any atom is -0.453 e. The summed E-state index contributed by atoms with van der Waals surface area (Å²) >= 11 is 5.89. The maximum Gasteiger partial charge on any atom is 0.411 e. The van der Waals surface area contributed by atoms with Gasteiger partial charge in [0.1, 0.15) is 17.1 Å². The topological polar surface area (TPSA) is 169 Å². The minimum absolute atomic E-state index is 0.0480. The molecule has 0 saturated carbocycles. The third-order valence-corrected chi connectivity index (χ3v) is 6.85. The maximum atomic E-state index is 14.5. The number of aromatic amines is 1. The van der Waals surface area contributed by atoms with Gasteiger partial charge in [-0.3, -0.25) is 14.9 Å². The van der Waals surface area contributed by atoms with E-state index in [1.54, 1.807) is 30.5 Å². The van der Waals surface area contributed by atoms with E-state index in [-0.39, 0.29) is 34.4 Å². The molecule has 3 amide bonds. The number of aromatic nitrogens is 4. The molecule has 12 nitrogen and oxygen atoms in total. The van der Waals surface area contributed by atoms with Crippen LogP contribution in [0.2, 0.25) is 5.02 Å². The number of hydrogen-bond acceptors (Lipinski definition) is 7. The van der Waals surface area contributed by atoms with E-state index in [2.05, 4.69) is 35.8 Å². The van der Waals surface area contributed by atoms with Gasteiger partial charge in [0, 0.05) is 23.9 Å². The Bertz CT molecular complexity index is 1640. The molecule has 1 aliphatic rings. The summed E-state index contributed by atoms with van der Waals surface area (Å²) < 4.78 is 20.3. The van der Waals surface area contributed by atoms with Gasteiger partial charge in [0.05, 0.1) is 35.8 Å². The Labute approximate surface area is 238 Å². The largest absolute Gasteiger partial charge is 0.453 e. The summed E-state index contributed by atoms with van der Waals surface area (Å²) in [6, 6.07) is 8.90. The highest BCUT2D eigenvalue weighted by atomic mass is 35.5. The second kappa shape index (κ2) is 11.7. The lowest BCUT2D eigenvalue weighted by molar-refractivity contribution is -0.116. The zero-order chi connectivity index (χ0) is 29.1. The number of H-pyrrole nitrogens is 1. The molecule has 3 heterocycles. The number of halogens is 2. The lowest BCUT2D eigenvalue weighted by Gasteiger charge is -2.18. The Kier molecular flexibility index (Phi) is 7.88. The second-order valence-electron chi connectivity index (χ2n) is 9.32. The standard InChI is InChI=1S/C27H26ClFN8O4/c1-41-27(40)32-14-9-10-15-19(11-14)33-22(38)8-3-2-6-18(25-31-12-20(15)34-25)35-26(39)16-13-37(36-24(16)30)21-7-4-5-17(28)23(21)29/h4-5,7,9-13,18H,2-3,6,8H2,1H3,(H2,30,36)(H,31,34)(H,32,40)(H,33,38)(H,35,39)/t18-/m0/s1. The van der Waals surface area contributed by atoms with Gasteiger partial charge in [-0.1, -0.05) is 24.1 Å². The van der Waals surface area contributed by atoms with Gasteiger partial charge in [-0.25, -0.2) is 18.9 Å². The number of amides is 3. The van der Waals surface area contributed by atoms with Crippen molar-refractivity contribution in [2.75, 3.05) is 23.5 Å². The van der Waals surface area contributed by atoms with Crippen molar-refractivity contribution in [1.29, 1.82) is 0 Å². The molecule has 2 bridgehead atoms. The van der Waals surface area contributed by atoms with Crippen LogP contribution < -0.4 is 21.7 Å². The maximum absolute atomic E-state index is 14.5. The Hall–Kier alpha value is -4.91. The molecule has 5 rings (SSSR count). The summed E-state index contributed by atoms with van der Waals surface area (Å²) in [4.78, 5) is 45.4. The van der Waals surface area contributed by atoms with Crippen LogP contribution in [0.25, 0.3) is 16.9 Å². The molecule has 41 heavy (non-hydrogen) atoms. The van der Waals surface area contributed by atoms with Crippen molar-refractivity contribution in [1.82, 2.24) is 25.1 Å². The van der Waals surface area contributed by atoms with E-state index < -0.39 is 23.9 Å². The van der Waals surface area contributed by atoms with E-state index in [1.165, 1.54) is 25.4 Å². The van der Waals surface area contributed by atoms with Crippen LogP contribution >= 0.6 is 11.6 Å². The van der Waals surface area contributed by atoms with E-state index in [0.717, 1.165) is 4.68 Å². The van der Waals surface area contributed by atoms with Crippen molar-refractivity contribution in [2.24, 2.45) is 0 Å². The number of fused-ring (bicyclic) bond motifs is 4. The van der Waals surface area contributed by atoms with E-state index in [0.29, 0.717) is 47.7 Å². The number of carbonyl (C=O) groups excluding carboxylic acids is 3. The summed E-state index contributed by atoms with van der Waals surface area (Å²) in [6.07, 6.45) is 4.18. The Balaban J connectivity index is 1.43. The normalized spacial score (nSPS) is 15.1. The van der Waals surface area contributed by atoms with E-state index in [1.807, 2.05) is 0 Å². The number of nitrogen functional groups attached to an aromatic ring is 1. The van der Waals surface area contributed by atoms with Crippen LogP contribution in [0.5, 0.6) is 0 Å². The van der Waals surface area contributed by atoms with Gasteiger partial charge in [-0.05, 0) is 43.2 Å². The van der Waals surface area contributed by atoms with Gasteiger partial charge in [0.15, 0.2) is 11.6 Å². The van der Waals surface area contributed by atoms with Crippen LogP contribution in [0, 0.1) is 5.82 Å². The predicted octanol–water partition coefficient (Wildman–Crippen LogP) is 4.80. The van der Waals surface area contributed by atoms with Gasteiger partial charge in [-0.2, -0.15) is 0 Å². The van der Waals surface area contributed by atoms with Crippen molar-refractivity contribution < 1.29 is 23.5 Å². The first-order valence-corrected chi connectivity index (χ1v) is 13.1. The summed E-state index contributed by atoms with van der Waals surface area (Å²) in [7, 11) is 1.26. The number of anilines is 3. The molecule has 0 unspecified atom stereocenters. The van der Waals surface area contributed by atoms with Crippen LogP contribution in [0.1, 0.15) is 47.9 Å². The zero-order valence-corrected chi connectivity index (χ0v) is 22.6. The molecule has 1 aliphatic heterocycles. The average molecular weight is 581 g/mol. The molecule has 6 N–H and O–H groups in total. The summed E-state index contributed by atoms with van der Waals surface area (Å²) in [5.74, 6) is -1.01. The molecule has 14 heteroatoms. The molecule has 0 saturated heterocycles. The molecular weight excluding hydrogens is 555 g/mol. The predicted molar refractivity (Wildman–Crippen MR) is 150 cm³/mol. The number of nitrogens with zero attached hydrogens (tertiary/aromatic N) is 3. The molecule has 0 aliphatic carbocycles. The molecule has 1 atom stereocenters. The monoisotopic (exact) mass is 580 g/mol. The molecule has 0 fully saturated rings. The third kappa shape index (κ3) is 5.99. The Morgan fingerprint density at radius 3 is 2.88 bits per heavy atom. The van der Waals surface area contributed by atoms with Gasteiger partial charge < -0.3 is 26.1 Å². The molecule has 212 valence electrons. The van der Waals surface area contributed by atoms with Gasteiger partial charge >= 0.3 is 6.09 Å². The van der Waals surface area contributed by atoms with Crippen LogP contribution in [0.3, 0.4) is 0 Å². The highest BCUT2D eigenvalue weighted by Crippen LogP contribution is 2.32. The number of hydrogen-bond donors (Lipinski definition) is 5. The van der Waals surface area contributed by atoms with E-state index in [4.69, 9.17) is 17.3 Å². The fourth-order valence-corrected chi connectivity index (χ4v) is 4.66. The smallest absolute Gasteiger partial charge is 0.411 e. The number of ether oxygens (including phenoxy) is 1. The molecular formula is C27H26ClFN8O4. The molecule has 4 aromatic rings. The van der Waals surface area contributed by atoms with Gasteiger partial charge in [-0.15, -0.1) is 5.10 Å². The highest BCUT2D eigenvalue weighted by Gasteiger charge is 2.24. The molecule has 0 radical (unpaired) electrons. The minimum atomic E-state index is -0.691. The van der Waals surface area contributed by atoms with Crippen molar-refractivity contribution in [3.05, 3.63) is 71.0 Å². The number of imidazole rings is 1. The Morgan fingerprint density at radius 2 is 2.07 bits per heavy atom. The van der Waals surface area contributed by atoms with Gasteiger partial charge in [0.2, 0.25) is 5.91 Å². The SMILES string of the molecule is COC(=O)Nc1ccc2c(c1)NC(=O)CCCC[C@H](NC(=O)c1cn(-c3cccc(Cl)c3F)nc1N)c1ncc-2[nH]1. The summed E-state index contributed by atoms with van der Waals surface area (Å²) in [6.45, 7) is 0. The molecule has 2 aromatic heterocycles. The van der Waals surface area contributed by atoms with E-state index in [9.17, 15) is 18.8 Å². The first kappa shape index (κ1) is 27.6. The van der Waals surface area contributed by atoms with Crippen LogP contribution in [0.15, 0.2) is 48.8 Å². The van der Waals surface area contributed by atoms with E-state index >= 15 is 0 Å².